The quantitative estimate of drug-likeness (QED) is 0.875. The van der Waals surface area contributed by atoms with Gasteiger partial charge in [0.15, 0.2) is 5.82 Å². The predicted octanol–water partition coefficient (Wildman–Crippen LogP) is 3.76. The Kier molecular flexibility index (Phi) is 3.89. The van der Waals surface area contributed by atoms with Crippen molar-refractivity contribution in [1.29, 1.82) is 0 Å². The second-order valence-electron chi connectivity index (χ2n) is 6.66. The molecule has 0 bridgehead atoms. The first kappa shape index (κ1) is 14.5. The lowest BCUT2D eigenvalue weighted by atomic mass is 9.93. The highest BCUT2D eigenvalue weighted by molar-refractivity contribution is 5.71. The minimum atomic E-state index is 0.527. The van der Waals surface area contributed by atoms with Gasteiger partial charge in [0.2, 0.25) is 0 Å². The molecular formula is C17H23N5O. The third-order valence-corrected chi connectivity index (χ3v) is 4.82. The third kappa shape index (κ3) is 3.16. The number of aromatic nitrogens is 3. The van der Waals surface area contributed by atoms with Gasteiger partial charge >= 0.3 is 0 Å². The Bertz CT molecular complexity index is 673. The lowest BCUT2D eigenvalue weighted by molar-refractivity contribution is 0.425. The number of aryl methyl sites for hydroxylation is 1. The minimum absolute atomic E-state index is 0.527. The maximum Gasteiger partial charge on any atom is 0.259 e. The van der Waals surface area contributed by atoms with Crippen LogP contribution < -0.4 is 10.6 Å². The molecule has 0 aliphatic heterocycles. The van der Waals surface area contributed by atoms with Gasteiger partial charge in [0.1, 0.15) is 5.82 Å². The summed E-state index contributed by atoms with van der Waals surface area (Å²) < 4.78 is 5.27. The van der Waals surface area contributed by atoms with E-state index in [4.69, 9.17) is 4.52 Å². The van der Waals surface area contributed by atoms with Gasteiger partial charge in [-0.05, 0) is 45.1 Å². The summed E-state index contributed by atoms with van der Waals surface area (Å²) >= 11 is 0. The molecular weight excluding hydrogens is 290 g/mol. The average molecular weight is 313 g/mol. The van der Waals surface area contributed by atoms with E-state index in [1.807, 2.05) is 13.1 Å². The van der Waals surface area contributed by atoms with Gasteiger partial charge in [-0.15, -0.1) is 0 Å². The van der Waals surface area contributed by atoms with Gasteiger partial charge in [-0.25, -0.2) is 4.98 Å². The van der Waals surface area contributed by atoms with Crippen molar-refractivity contribution in [2.24, 2.45) is 0 Å². The van der Waals surface area contributed by atoms with Gasteiger partial charge in [0.25, 0.3) is 5.89 Å². The van der Waals surface area contributed by atoms with E-state index in [2.05, 4.69) is 31.8 Å². The Labute approximate surface area is 136 Å². The molecule has 2 aliphatic carbocycles. The lowest BCUT2D eigenvalue weighted by Crippen LogP contribution is -2.28. The number of nitrogens with one attached hydrogen (secondary N) is 2. The fraction of sp³-hybridized carbons (Fsp3) is 0.588. The molecule has 2 aliphatic rings. The molecule has 2 aromatic rings. The average Bonchev–Trinajstić information content (AvgIpc) is 3.16. The van der Waals surface area contributed by atoms with Gasteiger partial charge in [-0.1, -0.05) is 18.0 Å². The number of pyridine rings is 1. The van der Waals surface area contributed by atoms with Crippen LogP contribution in [0.4, 0.5) is 11.5 Å². The summed E-state index contributed by atoms with van der Waals surface area (Å²) in [6.07, 6.45) is 10.7. The molecule has 0 amide bonds. The standard InChI is InChI=1S/C17H23N5O/c1-11-19-17(23-22-11)12-9-15(20-13-7-4-8-13)16(18-10-12)21-14-5-2-3-6-14/h9-10,13-14,20H,2-8H2,1H3,(H,18,21). The van der Waals surface area contributed by atoms with E-state index in [1.54, 1.807) is 0 Å². The normalized spacial score (nSPS) is 18.8. The third-order valence-electron chi connectivity index (χ3n) is 4.82. The number of hydrogen-bond acceptors (Lipinski definition) is 6. The molecule has 0 unspecified atom stereocenters. The molecule has 0 radical (unpaired) electrons. The van der Waals surface area contributed by atoms with Crippen molar-refractivity contribution < 1.29 is 4.52 Å². The summed E-state index contributed by atoms with van der Waals surface area (Å²) in [6, 6.07) is 3.18. The van der Waals surface area contributed by atoms with Crippen molar-refractivity contribution in [3.63, 3.8) is 0 Å². The van der Waals surface area contributed by atoms with Crippen LogP contribution in [-0.2, 0) is 0 Å². The first-order valence-electron chi connectivity index (χ1n) is 8.62. The Balaban J connectivity index is 1.61. The Morgan fingerprint density at radius 3 is 2.43 bits per heavy atom. The molecule has 0 aromatic carbocycles. The van der Waals surface area contributed by atoms with E-state index in [0.717, 1.165) is 17.1 Å². The number of rotatable bonds is 5. The van der Waals surface area contributed by atoms with Crippen LogP contribution in [0.15, 0.2) is 16.8 Å². The van der Waals surface area contributed by atoms with Crippen LogP contribution in [0, 0.1) is 6.92 Å². The molecule has 4 rings (SSSR count). The van der Waals surface area contributed by atoms with Crippen molar-refractivity contribution in [2.45, 2.75) is 64.0 Å². The van der Waals surface area contributed by atoms with Crippen LogP contribution in [0.2, 0.25) is 0 Å². The summed E-state index contributed by atoms with van der Waals surface area (Å²) in [5.74, 6) is 2.12. The molecule has 122 valence electrons. The van der Waals surface area contributed by atoms with Crippen LogP contribution in [0.1, 0.15) is 50.8 Å². The fourth-order valence-electron chi connectivity index (χ4n) is 3.26. The molecule has 2 fully saturated rings. The van der Waals surface area contributed by atoms with Crippen LogP contribution in [0.25, 0.3) is 11.5 Å². The van der Waals surface area contributed by atoms with E-state index >= 15 is 0 Å². The zero-order valence-electron chi connectivity index (χ0n) is 13.5. The van der Waals surface area contributed by atoms with Crippen molar-refractivity contribution in [3.8, 4) is 11.5 Å². The topological polar surface area (TPSA) is 75.9 Å². The van der Waals surface area contributed by atoms with Crippen LogP contribution >= 0.6 is 0 Å². The summed E-state index contributed by atoms with van der Waals surface area (Å²) in [5, 5.41) is 11.1. The zero-order valence-corrected chi connectivity index (χ0v) is 13.5. The highest BCUT2D eigenvalue weighted by Gasteiger charge is 2.22. The van der Waals surface area contributed by atoms with Gasteiger partial charge in [-0.2, -0.15) is 4.98 Å². The number of hydrogen-bond donors (Lipinski definition) is 2. The maximum absolute atomic E-state index is 5.27. The van der Waals surface area contributed by atoms with Gasteiger partial charge in [0, 0.05) is 18.3 Å². The Morgan fingerprint density at radius 2 is 1.78 bits per heavy atom. The Morgan fingerprint density at radius 1 is 1.04 bits per heavy atom. The van der Waals surface area contributed by atoms with E-state index < -0.39 is 0 Å². The molecule has 6 heteroatoms. The zero-order chi connectivity index (χ0) is 15.6. The second kappa shape index (κ2) is 6.18. The molecule has 6 nitrogen and oxygen atoms in total. The van der Waals surface area contributed by atoms with Crippen molar-refractivity contribution >= 4 is 11.5 Å². The number of nitrogens with zero attached hydrogens (tertiary/aromatic N) is 3. The largest absolute Gasteiger partial charge is 0.379 e. The Hall–Kier alpha value is -2.11. The molecule has 2 saturated carbocycles. The van der Waals surface area contributed by atoms with Gasteiger partial charge in [-0.3, -0.25) is 0 Å². The highest BCUT2D eigenvalue weighted by Crippen LogP contribution is 2.32. The second-order valence-corrected chi connectivity index (χ2v) is 6.66. The molecule has 23 heavy (non-hydrogen) atoms. The smallest absolute Gasteiger partial charge is 0.259 e. The molecule has 0 spiro atoms. The van der Waals surface area contributed by atoms with E-state index in [1.165, 1.54) is 44.9 Å². The van der Waals surface area contributed by atoms with E-state index in [-0.39, 0.29) is 0 Å². The highest BCUT2D eigenvalue weighted by atomic mass is 16.5. The van der Waals surface area contributed by atoms with Gasteiger partial charge < -0.3 is 15.2 Å². The first-order chi connectivity index (χ1) is 11.3. The monoisotopic (exact) mass is 313 g/mol. The van der Waals surface area contributed by atoms with Crippen molar-refractivity contribution in [2.75, 3.05) is 10.6 Å². The first-order valence-corrected chi connectivity index (χ1v) is 8.62. The summed E-state index contributed by atoms with van der Waals surface area (Å²) in [7, 11) is 0. The predicted molar refractivity (Wildman–Crippen MR) is 89.4 cm³/mol. The fourth-order valence-corrected chi connectivity index (χ4v) is 3.26. The molecule has 2 N–H and O–H groups in total. The molecule has 2 heterocycles. The molecule has 2 aromatic heterocycles. The minimum Gasteiger partial charge on any atom is -0.379 e. The number of anilines is 2. The van der Waals surface area contributed by atoms with Gasteiger partial charge in [0.05, 0.1) is 11.3 Å². The van der Waals surface area contributed by atoms with Crippen LogP contribution in [0.3, 0.4) is 0 Å². The lowest BCUT2D eigenvalue weighted by Gasteiger charge is -2.29. The summed E-state index contributed by atoms with van der Waals surface area (Å²) in [5.41, 5.74) is 1.92. The molecule has 0 saturated heterocycles. The summed E-state index contributed by atoms with van der Waals surface area (Å²) in [4.78, 5) is 8.94. The van der Waals surface area contributed by atoms with Crippen molar-refractivity contribution in [1.82, 2.24) is 15.1 Å². The molecule has 0 atom stereocenters. The van der Waals surface area contributed by atoms with Crippen LogP contribution in [-0.4, -0.2) is 27.2 Å². The summed E-state index contributed by atoms with van der Waals surface area (Å²) in [6.45, 7) is 1.82. The van der Waals surface area contributed by atoms with Crippen LogP contribution in [0.5, 0.6) is 0 Å². The SMILES string of the molecule is Cc1noc(-c2cnc(NC3CCCC3)c(NC3CCC3)c2)n1. The van der Waals surface area contributed by atoms with Crippen molar-refractivity contribution in [3.05, 3.63) is 18.1 Å². The van der Waals surface area contributed by atoms with E-state index in [0.29, 0.717) is 23.8 Å². The maximum atomic E-state index is 5.27. The van der Waals surface area contributed by atoms with E-state index in [9.17, 15) is 0 Å².